The van der Waals surface area contributed by atoms with E-state index in [4.69, 9.17) is 34.8 Å². The lowest BCUT2D eigenvalue weighted by Gasteiger charge is -2.30. The predicted molar refractivity (Wildman–Crippen MR) is 89.2 cm³/mol. The van der Waals surface area contributed by atoms with Crippen LogP contribution in [-0.2, 0) is 12.1 Å². The number of aliphatic hydroxyl groups excluding tert-OH is 1. The fourth-order valence-corrected chi connectivity index (χ4v) is 2.75. The van der Waals surface area contributed by atoms with Crippen molar-refractivity contribution in [2.45, 2.75) is 19.0 Å². The highest BCUT2D eigenvalue weighted by Gasteiger charge is 2.25. The average Bonchev–Trinajstić information content (AvgIpc) is 2.51. The summed E-state index contributed by atoms with van der Waals surface area (Å²) in [6.07, 6.45) is 0. The summed E-state index contributed by atoms with van der Waals surface area (Å²) in [4.78, 5) is 0. The van der Waals surface area contributed by atoms with E-state index in [1.807, 2.05) is 37.3 Å². The number of hydrogen-bond donors (Lipinski definition) is 2. The third-order valence-electron chi connectivity index (χ3n) is 3.52. The molecular formula is C16H16Cl3NO. The van der Waals surface area contributed by atoms with Gasteiger partial charge in [-0.3, -0.25) is 0 Å². The number of nitrogens with one attached hydrogen (secondary N) is 1. The van der Waals surface area contributed by atoms with Crippen LogP contribution in [0.5, 0.6) is 0 Å². The number of rotatable bonds is 5. The van der Waals surface area contributed by atoms with Crippen molar-refractivity contribution >= 4 is 34.8 Å². The molecule has 5 heteroatoms. The largest absolute Gasteiger partial charge is 0.394 e. The van der Waals surface area contributed by atoms with Crippen LogP contribution in [0.2, 0.25) is 15.1 Å². The molecule has 2 rings (SSSR count). The van der Waals surface area contributed by atoms with Gasteiger partial charge in [-0.25, -0.2) is 0 Å². The molecule has 21 heavy (non-hydrogen) atoms. The molecule has 0 aromatic heterocycles. The summed E-state index contributed by atoms with van der Waals surface area (Å²) in [5.41, 5.74) is 1.12. The maximum Gasteiger partial charge on any atom is 0.0652 e. The van der Waals surface area contributed by atoms with E-state index >= 15 is 0 Å². The van der Waals surface area contributed by atoms with Crippen LogP contribution in [0.3, 0.4) is 0 Å². The SMILES string of the molecule is CC(CO)(NCc1c(Cl)ccc(Cl)c1Cl)c1ccccc1. The van der Waals surface area contributed by atoms with Crippen LogP contribution in [0.25, 0.3) is 0 Å². The Bertz CT molecular complexity index is 618. The van der Waals surface area contributed by atoms with Gasteiger partial charge in [0.05, 0.1) is 22.2 Å². The van der Waals surface area contributed by atoms with Gasteiger partial charge in [0.25, 0.3) is 0 Å². The predicted octanol–water partition coefficient (Wildman–Crippen LogP) is 4.64. The Hall–Kier alpha value is -0.770. The Balaban J connectivity index is 2.24. The van der Waals surface area contributed by atoms with Crippen molar-refractivity contribution in [1.29, 1.82) is 0 Å². The van der Waals surface area contributed by atoms with Crippen molar-refractivity contribution < 1.29 is 5.11 Å². The zero-order valence-electron chi connectivity index (χ0n) is 11.5. The highest BCUT2D eigenvalue weighted by atomic mass is 35.5. The van der Waals surface area contributed by atoms with Gasteiger partial charge < -0.3 is 10.4 Å². The van der Waals surface area contributed by atoms with Gasteiger partial charge in [-0.15, -0.1) is 0 Å². The zero-order chi connectivity index (χ0) is 15.5. The first-order valence-electron chi connectivity index (χ1n) is 6.52. The summed E-state index contributed by atoms with van der Waals surface area (Å²) in [5, 5.41) is 14.5. The van der Waals surface area contributed by atoms with Gasteiger partial charge in [-0.2, -0.15) is 0 Å². The van der Waals surface area contributed by atoms with Crippen LogP contribution >= 0.6 is 34.8 Å². The van der Waals surface area contributed by atoms with E-state index in [1.165, 1.54) is 0 Å². The Morgan fingerprint density at radius 2 is 1.62 bits per heavy atom. The third kappa shape index (κ3) is 3.71. The minimum absolute atomic E-state index is 0.0488. The normalized spacial score (nSPS) is 14.0. The molecule has 0 spiro atoms. The molecule has 2 N–H and O–H groups in total. The van der Waals surface area contributed by atoms with Crippen LogP contribution in [0.4, 0.5) is 0 Å². The summed E-state index contributed by atoms with van der Waals surface area (Å²) in [7, 11) is 0. The molecule has 0 radical (unpaired) electrons. The molecule has 1 atom stereocenters. The fourth-order valence-electron chi connectivity index (χ4n) is 2.07. The summed E-state index contributed by atoms with van der Waals surface area (Å²) >= 11 is 18.4. The topological polar surface area (TPSA) is 32.3 Å². The number of hydrogen-bond acceptors (Lipinski definition) is 2. The first-order valence-corrected chi connectivity index (χ1v) is 7.65. The van der Waals surface area contributed by atoms with Crippen LogP contribution in [-0.4, -0.2) is 11.7 Å². The highest BCUT2D eigenvalue weighted by molar-refractivity contribution is 6.44. The molecule has 0 aliphatic carbocycles. The Labute approximate surface area is 139 Å². The summed E-state index contributed by atoms with van der Waals surface area (Å²) in [6, 6.07) is 13.1. The van der Waals surface area contributed by atoms with Crippen molar-refractivity contribution in [3.8, 4) is 0 Å². The standard InChI is InChI=1S/C16H16Cl3NO/c1-16(10-21,11-5-3-2-4-6-11)20-9-12-13(17)7-8-14(18)15(12)19/h2-8,20-21H,9-10H2,1H3. The Kier molecular flexibility index (Phi) is 5.53. The second-order valence-electron chi connectivity index (χ2n) is 5.03. The Morgan fingerprint density at radius 3 is 2.24 bits per heavy atom. The van der Waals surface area contributed by atoms with E-state index in [1.54, 1.807) is 12.1 Å². The van der Waals surface area contributed by atoms with Crippen LogP contribution in [0.15, 0.2) is 42.5 Å². The summed E-state index contributed by atoms with van der Waals surface area (Å²) < 4.78 is 0. The minimum Gasteiger partial charge on any atom is -0.394 e. The second-order valence-corrected chi connectivity index (χ2v) is 6.22. The maximum atomic E-state index is 9.76. The van der Waals surface area contributed by atoms with E-state index in [0.717, 1.165) is 11.1 Å². The molecule has 112 valence electrons. The molecule has 2 aromatic carbocycles. The molecule has 0 aliphatic heterocycles. The van der Waals surface area contributed by atoms with E-state index in [2.05, 4.69) is 5.32 Å². The van der Waals surface area contributed by atoms with E-state index in [0.29, 0.717) is 21.6 Å². The van der Waals surface area contributed by atoms with Gasteiger partial charge in [0, 0.05) is 17.1 Å². The number of aliphatic hydroxyl groups is 1. The molecule has 2 nitrogen and oxygen atoms in total. The minimum atomic E-state index is -0.587. The molecule has 1 unspecified atom stereocenters. The molecule has 0 heterocycles. The molecule has 0 saturated heterocycles. The van der Waals surface area contributed by atoms with Crippen LogP contribution < -0.4 is 5.32 Å². The van der Waals surface area contributed by atoms with Crippen molar-refractivity contribution in [3.05, 3.63) is 68.7 Å². The van der Waals surface area contributed by atoms with Gasteiger partial charge in [0.2, 0.25) is 0 Å². The summed E-state index contributed by atoms with van der Waals surface area (Å²) in [6.45, 7) is 2.28. The van der Waals surface area contributed by atoms with Gasteiger partial charge in [0.15, 0.2) is 0 Å². The van der Waals surface area contributed by atoms with Crippen molar-refractivity contribution in [2.24, 2.45) is 0 Å². The smallest absolute Gasteiger partial charge is 0.0652 e. The van der Waals surface area contributed by atoms with Crippen LogP contribution in [0, 0.1) is 0 Å². The van der Waals surface area contributed by atoms with Gasteiger partial charge in [0.1, 0.15) is 0 Å². The molecule has 2 aromatic rings. The van der Waals surface area contributed by atoms with Crippen LogP contribution in [0.1, 0.15) is 18.1 Å². The lowest BCUT2D eigenvalue weighted by molar-refractivity contribution is 0.173. The molecule has 0 amide bonds. The molecule has 0 fully saturated rings. The van der Waals surface area contributed by atoms with Crippen molar-refractivity contribution in [2.75, 3.05) is 6.61 Å². The molecule has 0 saturated carbocycles. The van der Waals surface area contributed by atoms with E-state index < -0.39 is 5.54 Å². The Morgan fingerprint density at radius 1 is 1.00 bits per heavy atom. The number of benzene rings is 2. The average molecular weight is 345 g/mol. The monoisotopic (exact) mass is 343 g/mol. The molecule has 0 aliphatic rings. The first-order chi connectivity index (χ1) is 9.98. The maximum absolute atomic E-state index is 9.76. The highest BCUT2D eigenvalue weighted by Crippen LogP contribution is 2.32. The van der Waals surface area contributed by atoms with Gasteiger partial charge in [-0.05, 0) is 24.6 Å². The van der Waals surface area contributed by atoms with Gasteiger partial charge in [-0.1, -0.05) is 65.1 Å². The summed E-state index contributed by atoms with van der Waals surface area (Å²) in [5.74, 6) is 0. The van der Waals surface area contributed by atoms with Gasteiger partial charge >= 0.3 is 0 Å². The quantitative estimate of drug-likeness (QED) is 0.774. The molecular weight excluding hydrogens is 329 g/mol. The van der Waals surface area contributed by atoms with E-state index in [-0.39, 0.29) is 6.61 Å². The third-order valence-corrected chi connectivity index (χ3v) is 4.72. The number of halogens is 3. The zero-order valence-corrected chi connectivity index (χ0v) is 13.8. The second kappa shape index (κ2) is 6.99. The lowest BCUT2D eigenvalue weighted by atomic mass is 9.92. The fraction of sp³-hybridized carbons (Fsp3) is 0.250. The molecule has 0 bridgehead atoms. The first kappa shape index (κ1) is 16.6. The lowest BCUT2D eigenvalue weighted by Crippen LogP contribution is -2.42. The van der Waals surface area contributed by atoms with Crippen molar-refractivity contribution in [1.82, 2.24) is 5.32 Å². The van der Waals surface area contributed by atoms with Crippen molar-refractivity contribution in [3.63, 3.8) is 0 Å². The van der Waals surface area contributed by atoms with E-state index in [9.17, 15) is 5.11 Å².